The zero-order valence-corrected chi connectivity index (χ0v) is 10.5. The number of hydrogen-bond donors (Lipinski definition) is 0. The van der Waals surface area contributed by atoms with Gasteiger partial charge in [-0.25, -0.2) is 0 Å². The van der Waals surface area contributed by atoms with E-state index in [1.54, 1.807) is 14.0 Å². The van der Waals surface area contributed by atoms with Crippen molar-refractivity contribution in [1.82, 2.24) is 0 Å². The Morgan fingerprint density at radius 1 is 1.35 bits per heavy atom. The summed E-state index contributed by atoms with van der Waals surface area (Å²) in [5.41, 5.74) is 1.95. The summed E-state index contributed by atoms with van der Waals surface area (Å²) in [4.78, 5) is 13.5. The minimum absolute atomic E-state index is 0.116. The second-order valence-electron chi connectivity index (χ2n) is 4.55. The molecular formula is C14H19NO2. The van der Waals surface area contributed by atoms with Crippen LogP contribution in [0.4, 0.5) is 5.69 Å². The molecule has 1 aliphatic heterocycles. The van der Waals surface area contributed by atoms with E-state index in [1.807, 2.05) is 24.3 Å². The number of rotatable bonds is 3. The molecular weight excluding hydrogens is 214 g/mol. The number of ether oxygens (including phenoxy) is 1. The van der Waals surface area contributed by atoms with Crippen molar-refractivity contribution in [3.8, 4) is 0 Å². The van der Waals surface area contributed by atoms with Crippen molar-refractivity contribution in [3.63, 3.8) is 0 Å². The highest BCUT2D eigenvalue weighted by Crippen LogP contribution is 2.21. The molecule has 0 aromatic heterocycles. The van der Waals surface area contributed by atoms with Gasteiger partial charge in [0.1, 0.15) is 0 Å². The Morgan fingerprint density at radius 3 is 2.65 bits per heavy atom. The Kier molecular flexibility index (Phi) is 3.79. The Bertz CT molecular complexity index is 386. The lowest BCUT2D eigenvalue weighted by atomic mass is 10.1. The van der Waals surface area contributed by atoms with Crippen LogP contribution in [0, 0.1) is 0 Å². The van der Waals surface area contributed by atoms with Gasteiger partial charge in [-0.1, -0.05) is 0 Å². The number of carbonyl (C=O) groups excluding carboxylic acids is 1. The van der Waals surface area contributed by atoms with Gasteiger partial charge in [-0.3, -0.25) is 4.79 Å². The molecule has 0 bridgehead atoms. The molecule has 0 N–H and O–H groups in total. The first kappa shape index (κ1) is 12.1. The molecule has 1 unspecified atom stereocenters. The number of anilines is 1. The third-order valence-corrected chi connectivity index (χ3v) is 3.35. The van der Waals surface area contributed by atoms with Crippen molar-refractivity contribution < 1.29 is 9.53 Å². The van der Waals surface area contributed by atoms with E-state index >= 15 is 0 Å². The number of piperidine rings is 1. The van der Waals surface area contributed by atoms with Gasteiger partial charge in [0.2, 0.25) is 0 Å². The van der Waals surface area contributed by atoms with E-state index in [1.165, 1.54) is 5.69 Å². The average molecular weight is 233 g/mol. The number of ketones is 1. The second-order valence-corrected chi connectivity index (χ2v) is 4.55. The maximum atomic E-state index is 11.2. The molecule has 1 aliphatic rings. The summed E-state index contributed by atoms with van der Waals surface area (Å²) in [7, 11) is 1.77. The summed E-state index contributed by atoms with van der Waals surface area (Å²) in [5.74, 6) is 0.116. The minimum atomic E-state index is 0.116. The summed E-state index contributed by atoms with van der Waals surface area (Å²) >= 11 is 0. The molecule has 1 heterocycles. The first-order chi connectivity index (χ1) is 8.20. The molecule has 1 saturated heterocycles. The lowest BCUT2D eigenvalue weighted by Crippen LogP contribution is -2.39. The van der Waals surface area contributed by atoms with Crippen LogP contribution in [-0.4, -0.2) is 32.1 Å². The SMILES string of the molecule is COC1CCCN(c2ccc(C(C)=O)cc2)C1. The lowest BCUT2D eigenvalue weighted by Gasteiger charge is -2.33. The molecule has 0 saturated carbocycles. The molecule has 1 atom stereocenters. The molecule has 0 amide bonds. The Balaban J connectivity index is 2.08. The van der Waals surface area contributed by atoms with Crippen LogP contribution in [0.1, 0.15) is 30.1 Å². The Hall–Kier alpha value is -1.35. The number of hydrogen-bond acceptors (Lipinski definition) is 3. The van der Waals surface area contributed by atoms with Gasteiger partial charge < -0.3 is 9.64 Å². The molecule has 1 aromatic carbocycles. The van der Waals surface area contributed by atoms with Gasteiger partial charge in [-0.2, -0.15) is 0 Å². The number of carbonyl (C=O) groups is 1. The molecule has 0 radical (unpaired) electrons. The van der Waals surface area contributed by atoms with Crippen molar-refractivity contribution in [3.05, 3.63) is 29.8 Å². The molecule has 3 heteroatoms. The van der Waals surface area contributed by atoms with Crippen LogP contribution in [-0.2, 0) is 4.74 Å². The molecule has 92 valence electrons. The second kappa shape index (κ2) is 5.32. The fraction of sp³-hybridized carbons (Fsp3) is 0.500. The third kappa shape index (κ3) is 2.86. The van der Waals surface area contributed by atoms with Gasteiger partial charge in [0, 0.05) is 31.5 Å². The summed E-state index contributed by atoms with van der Waals surface area (Å²) in [6.07, 6.45) is 2.63. The van der Waals surface area contributed by atoms with Crippen LogP contribution in [0.3, 0.4) is 0 Å². The van der Waals surface area contributed by atoms with Crippen LogP contribution in [0.5, 0.6) is 0 Å². The predicted molar refractivity (Wildman–Crippen MR) is 68.7 cm³/mol. The van der Waals surface area contributed by atoms with Crippen LogP contribution < -0.4 is 4.90 Å². The monoisotopic (exact) mass is 233 g/mol. The topological polar surface area (TPSA) is 29.5 Å². The van der Waals surface area contributed by atoms with Crippen molar-refractivity contribution in [2.24, 2.45) is 0 Å². The highest BCUT2D eigenvalue weighted by atomic mass is 16.5. The predicted octanol–water partition coefficient (Wildman–Crippen LogP) is 2.50. The molecule has 1 fully saturated rings. The van der Waals surface area contributed by atoms with Crippen molar-refractivity contribution >= 4 is 11.5 Å². The average Bonchev–Trinajstić information content (AvgIpc) is 2.39. The van der Waals surface area contributed by atoms with Crippen molar-refractivity contribution in [2.75, 3.05) is 25.1 Å². The first-order valence-corrected chi connectivity index (χ1v) is 6.09. The molecule has 17 heavy (non-hydrogen) atoms. The smallest absolute Gasteiger partial charge is 0.159 e. The van der Waals surface area contributed by atoms with Gasteiger partial charge in [-0.15, -0.1) is 0 Å². The van der Waals surface area contributed by atoms with Gasteiger partial charge in [-0.05, 0) is 44.0 Å². The van der Waals surface area contributed by atoms with Crippen LogP contribution in [0.25, 0.3) is 0 Å². The van der Waals surface area contributed by atoms with Crippen molar-refractivity contribution in [1.29, 1.82) is 0 Å². The minimum Gasteiger partial charge on any atom is -0.380 e. The van der Waals surface area contributed by atoms with Crippen LogP contribution in [0.15, 0.2) is 24.3 Å². The van der Waals surface area contributed by atoms with E-state index in [0.29, 0.717) is 6.10 Å². The molecule has 3 nitrogen and oxygen atoms in total. The highest BCUT2D eigenvalue weighted by molar-refractivity contribution is 5.94. The number of methoxy groups -OCH3 is 1. The summed E-state index contributed by atoms with van der Waals surface area (Å²) < 4.78 is 5.41. The summed E-state index contributed by atoms with van der Waals surface area (Å²) in [6, 6.07) is 7.84. The molecule has 0 aliphatic carbocycles. The van der Waals surface area contributed by atoms with Gasteiger partial charge in [0.15, 0.2) is 5.78 Å². The zero-order valence-electron chi connectivity index (χ0n) is 10.5. The fourth-order valence-electron chi connectivity index (χ4n) is 2.27. The van der Waals surface area contributed by atoms with E-state index in [9.17, 15) is 4.79 Å². The maximum Gasteiger partial charge on any atom is 0.159 e. The molecule has 1 aromatic rings. The van der Waals surface area contributed by atoms with Gasteiger partial charge in [0.25, 0.3) is 0 Å². The molecule has 0 spiro atoms. The first-order valence-electron chi connectivity index (χ1n) is 6.09. The third-order valence-electron chi connectivity index (χ3n) is 3.35. The Morgan fingerprint density at radius 2 is 2.06 bits per heavy atom. The van der Waals surface area contributed by atoms with Gasteiger partial charge in [0.05, 0.1) is 6.10 Å². The van der Waals surface area contributed by atoms with E-state index in [0.717, 1.165) is 31.5 Å². The largest absolute Gasteiger partial charge is 0.380 e. The number of Topliss-reactive ketones (excluding diaryl/α,β-unsaturated/α-hetero) is 1. The van der Waals surface area contributed by atoms with Gasteiger partial charge >= 0.3 is 0 Å². The lowest BCUT2D eigenvalue weighted by molar-refractivity contribution is 0.0893. The fourth-order valence-corrected chi connectivity index (χ4v) is 2.27. The summed E-state index contributed by atoms with van der Waals surface area (Å²) in [5, 5.41) is 0. The van der Waals surface area contributed by atoms with E-state index in [2.05, 4.69) is 4.90 Å². The standard InChI is InChI=1S/C14H19NO2/c1-11(16)12-5-7-13(8-6-12)15-9-3-4-14(10-15)17-2/h5-8,14H,3-4,9-10H2,1-2H3. The van der Waals surface area contributed by atoms with E-state index < -0.39 is 0 Å². The normalized spacial score (nSPS) is 20.4. The van der Waals surface area contributed by atoms with E-state index in [-0.39, 0.29) is 5.78 Å². The highest BCUT2D eigenvalue weighted by Gasteiger charge is 2.19. The van der Waals surface area contributed by atoms with Crippen molar-refractivity contribution in [2.45, 2.75) is 25.9 Å². The van der Waals surface area contributed by atoms with Crippen LogP contribution >= 0.6 is 0 Å². The Labute approximate surface area is 102 Å². The quantitative estimate of drug-likeness (QED) is 0.751. The maximum absolute atomic E-state index is 11.2. The van der Waals surface area contributed by atoms with Crippen LogP contribution in [0.2, 0.25) is 0 Å². The summed E-state index contributed by atoms with van der Waals surface area (Å²) in [6.45, 7) is 3.60. The number of nitrogens with zero attached hydrogens (tertiary/aromatic N) is 1. The number of benzene rings is 1. The molecule has 2 rings (SSSR count). The van der Waals surface area contributed by atoms with E-state index in [4.69, 9.17) is 4.74 Å². The zero-order chi connectivity index (χ0) is 12.3.